The highest BCUT2D eigenvalue weighted by atomic mass is 16.7. The Morgan fingerprint density at radius 1 is 0.952 bits per heavy atom. The molecule has 0 amide bonds. The molecule has 0 saturated carbocycles. The standard InChI is InChI=1S/C18H20O3/c1-15-9-5-6-13-17(15)21-18(19)20-14-8-7-12-16-10-3-2-4-11-16/h2-6,9-11,13H,7-8,12,14H2,1H3. The second-order valence-electron chi connectivity index (χ2n) is 4.91. The molecule has 0 unspecified atom stereocenters. The van der Waals surface area contributed by atoms with Gasteiger partial charge < -0.3 is 9.47 Å². The van der Waals surface area contributed by atoms with Gasteiger partial charge in [0.15, 0.2) is 0 Å². The summed E-state index contributed by atoms with van der Waals surface area (Å²) in [6.07, 6.45) is 2.18. The van der Waals surface area contributed by atoms with Crippen LogP contribution in [0.4, 0.5) is 4.79 Å². The van der Waals surface area contributed by atoms with E-state index >= 15 is 0 Å². The summed E-state index contributed by atoms with van der Waals surface area (Å²) in [5.74, 6) is 0.548. The molecule has 3 nitrogen and oxygen atoms in total. The summed E-state index contributed by atoms with van der Waals surface area (Å²) in [5.41, 5.74) is 2.22. The monoisotopic (exact) mass is 284 g/mol. The minimum Gasteiger partial charge on any atom is -0.434 e. The molecular formula is C18H20O3. The van der Waals surface area contributed by atoms with Crippen molar-refractivity contribution in [3.63, 3.8) is 0 Å². The van der Waals surface area contributed by atoms with Gasteiger partial charge in [0, 0.05) is 0 Å². The molecule has 0 bridgehead atoms. The number of benzene rings is 2. The van der Waals surface area contributed by atoms with Crippen LogP contribution >= 0.6 is 0 Å². The maximum absolute atomic E-state index is 11.6. The molecule has 0 spiro atoms. The lowest BCUT2D eigenvalue weighted by Crippen LogP contribution is -2.12. The van der Waals surface area contributed by atoms with Gasteiger partial charge in [0.2, 0.25) is 0 Å². The van der Waals surface area contributed by atoms with Crippen molar-refractivity contribution in [2.45, 2.75) is 26.2 Å². The largest absolute Gasteiger partial charge is 0.513 e. The lowest BCUT2D eigenvalue weighted by molar-refractivity contribution is 0.0973. The van der Waals surface area contributed by atoms with Gasteiger partial charge in [0.25, 0.3) is 0 Å². The number of para-hydroxylation sites is 1. The molecule has 0 aliphatic carbocycles. The van der Waals surface area contributed by atoms with Crippen molar-refractivity contribution in [1.82, 2.24) is 0 Å². The van der Waals surface area contributed by atoms with E-state index in [1.54, 1.807) is 6.07 Å². The van der Waals surface area contributed by atoms with Crippen LogP contribution in [0, 0.1) is 6.92 Å². The van der Waals surface area contributed by atoms with E-state index in [9.17, 15) is 4.79 Å². The van der Waals surface area contributed by atoms with Gasteiger partial charge in [-0.25, -0.2) is 4.79 Å². The van der Waals surface area contributed by atoms with E-state index in [0.29, 0.717) is 12.4 Å². The summed E-state index contributed by atoms with van der Waals surface area (Å²) in [5, 5.41) is 0. The molecule has 0 aromatic heterocycles. The zero-order valence-corrected chi connectivity index (χ0v) is 12.2. The molecule has 3 heteroatoms. The Labute approximate surface area is 125 Å². The fraction of sp³-hybridized carbons (Fsp3) is 0.278. The minimum absolute atomic E-state index is 0.386. The number of ether oxygens (including phenoxy) is 2. The average Bonchev–Trinajstić information content (AvgIpc) is 2.50. The van der Waals surface area contributed by atoms with Gasteiger partial charge in [-0.2, -0.15) is 0 Å². The zero-order valence-electron chi connectivity index (χ0n) is 12.2. The van der Waals surface area contributed by atoms with Gasteiger partial charge in [-0.3, -0.25) is 0 Å². The van der Waals surface area contributed by atoms with Gasteiger partial charge in [0.05, 0.1) is 6.61 Å². The van der Waals surface area contributed by atoms with Crippen LogP contribution in [-0.4, -0.2) is 12.8 Å². The maximum atomic E-state index is 11.6. The molecule has 0 aliphatic heterocycles. The minimum atomic E-state index is -0.635. The summed E-state index contributed by atoms with van der Waals surface area (Å²) in [4.78, 5) is 11.6. The molecule has 2 aromatic carbocycles. The van der Waals surface area contributed by atoms with Crippen LogP contribution in [0.1, 0.15) is 24.0 Å². The third kappa shape index (κ3) is 5.30. The fourth-order valence-corrected chi connectivity index (χ4v) is 2.02. The number of hydrogen-bond donors (Lipinski definition) is 0. The molecule has 0 heterocycles. The first-order chi connectivity index (χ1) is 10.3. The fourth-order valence-electron chi connectivity index (χ4n) is 2.02. The smallest absolute Gasteiger partial charge is 0.434 e. The van der Waals surface area contributed by atoms with Crippen molar-refractivity contribution < 1.29 is 14.3 Å². The van der Waals surface area contributed by atoms with Crippen LogP contribution in [0.3, 0.4) is 0 Å². The van der Waals surface area contributed by atoms with E-state index in [0.717, 1.165) is 24.8 Å². The van der Waals surface area contributed by atoms with Crippen LogP contribution in [-0.2, 0) is 11.2 Å². The number of rotatable bonds is 6. The Bertz CT molecular complexity index is 564. The van der Waals surface area contributed by atoms with E-state index in [-0.39, 0.29) is 0 Å². The molecule has 21 heavy (non-hydrogen) atoms. The summed E-state index contributed by atoms with van der Waals surface area (Å²) in [7, 11) is 0. The number of carbonyl (C=O) groups is 1. The highest BCUT2D eigenvalue weighted by molar-refractivity contribution is 5.64. The van der Waals surface area contributed by atoms with Crippen LogP contribution < -0.4 is 4.74 Å². The highest BCUT2D eigenvalue weighted by Crippen LogP contribution is 2.16. The van der Waals surface area contributed by atoms with Crippen molar-refractivity contribution in [2.24, 2.45) is 0 Å². The first kappa shape index (κ1) is 15.1. The molecule has 110 valence electrons. The molecule has 0 N–H and O–H groups in total. The van der Waals surface area contributed by atoms with Crippen LogP contribution in [0.25, 0.3) is 0 Å². The maximum Gasteiger partial charge on any atom is 0.513 e. The number of carbonyl (C=O) groups excluding carboxylic acids is 1. The molecule has 2 aromatic rings. The lowest BCUT2D eigenvalue weighted by Gasteiger charge is -2.07. The Morgan fingerprint density at radius 2 is 1.67 bits per heavy atom. The van der Waals surface area contributed by atoms with Gasteiger partial charge in [0.1, 0.15) is 5.75 Å². The normalized spacial score (nSPS) is 10.1. The van der Waals surface area contributed by atoms with E-state index in [2.05, 4.69) is 12.1 Å². The van der Waals surface area contributed by atoms with Crippen LogP contribution in [0.5, 0.6) is 5.75 Å². The van der Waals surface area contributed by atoms with Gasteiger partial charge in [-0.15, -0.1) is 0 Å². The SMILES string of the molecule is Cc1ccccc1OC(=O)OCCCCc1ccccc1. The van der Waals surface area contributed by atoms with Crippen LogP contribution in [0.15, 0.2) is 54.6 Å². The number of hydrogen-bond acceptors (Lipinski definition) is 3. The Balaban J connectivity index is 1.63. The second kappa shape index (κ2) is 8.10. The van der Waals surface area contributed by atoms with Gasteiger partial charge in [-0.05, 0) is 43.4 Å². The molecule has 0 atom stereocenters. The number of unbranched alkanes of at least 4 members (excludes halogenated alkanes) is 1. The molecule has 2 rings (SSSR count). The summed E-state index contributed by atoms with van der Waals surface area (Å²) in [6.45, 7) is 2.28. The molecule has 0 radical (unpaired) electrons. The van der Waals surface area contributed by atoms with Gasteiger partial charge >= 0.3 is 6.16 Å². The third-order valence-electron chi connectivity index (χ3n) is 3.21. The molecule has 0 saturated heterocycles. The summed E-state index contributed by atoms with van der Waals surface area (Å²) < 4.78 is 10.2. The third-order valence-corrected chi connectivity index (χ3v) is 3.21. The first-order valence-electron chi connectivity index (χ1n) is 7.20. The predicted molar refractivity (Wildman–Crippen MR) is 82.5 cm³/mol. The van der Waals surface area contributed by atoms with Crippen molar-refractivity contribution in [2.75, 3.05) is 6.61 Å². The quantitative estimate of drug-likeness (QED) is 0.444. The van der Waals surface area contributed by atoms with Gasteiger partial charge in [-0.1, -0.05) is 48.5 Å². The highest BCUT2D eigenvalue weighted by Gasteiger charge is 2.07. The summed E-state index contributed by atoms with van der Waals surface area (Å²) >= 11 is 0. The van der Waals surface area contributed by atoms with Crippen LogP contribution in [0.2, 0.25) is 0 Å². The molecule has 0 aliphatic rings. The van der Waals surface area contributed by atoms with E-state index < -0.39 is 6.16 Å². The van der Waals surface area contributed by atoms with Crippen molar-refractivity contribution in [3.05, 3.63) is 65.7 Å². The Hall–Kier alpha value is -2.29. The molecule has 0 fully saturated rings. The van der Waals surface area contributed by atoms with E-state index in [4.69, 9.17) is 9.47 Å². The second-order valence-corrected chi connectivity index (χ2v) is 4.91. The Morgan fingerprint density at radius 3 is 2.43 bits per heavy atom. The van der Waals surface area contributed by atoms with E-state index in [1.807, 2.05) is 43.3 Å². The lowest BCUT2D eigenvalue weighted by atomic mass is 10.1. The van der Waals surface area contributed by atoms with Crippen molar-refractivity contribution in [3.8, 4) is 5.75 Å². The molecular weight excluding hydrogens is 264 g/mol. The predicted octanol–water partition coefficient (Wildman–Crippen LogP) is 4.53. The topological polar surface area (TPSA) is 35.5 Å². The average molecular weight is 284 g/mol. The Kier molecular flexibility index (Phi) is 5.83. The van der Waals surface area contributed by atoms with Crippen molar-refractivity contribution >= 4 is 6.16 Å². The number of aryl methyl sites for hydroxylation is 2. The van der Waals surface area contributed by atoms with Crippen molar-refractivity contribution in [1.29, 1.82) is 0 Å². The summed E-state index contributed by atoms with van der Waals surface area (Å²) in [6, 6.07) is 17.7. The first-order valence-corrected chi connectivity index (χ1v) is 7.20. The van der Waals surface area contributed by atoms with E-state index in [1.165, 1.54) is 5.56 Å². The zero-order chi connectivity index (χ0) is 14.9.